The van der Waals surface area contributed by atoms with E-state index in [0.29, 0.717) is 36.9 Å². The van der Waals surface area contributed by atoms with Crippen molar-refractivity contribution in [3.05, 3.63) is 35.4 Å². The van der Waals surface area contributed by atoms with E-state index in [1.54, 1.807) is 31.4 Å². The number of ether oxygens (including phenoxy) is 3. The molecule has 0 radical (unpaired) electrons. The van der Waals surface area contributed by atoms with Gasteiger partial charge in [-0.05, 0) is 49.4 Å². The minimum Gasteiger partial charge on any atom is -0.462 e. The standard InChI is InChI=1S/C18H26O5/c1-4-11-22-17(19)15-5-7-16(8-6-15)18(20)23-13-10-14(2)9-12-21-3/h5-8,14H,4,9-13H2,1-3H3. The molecule has 0 bridgehead atoms. The Balaban J connectivity index is 2.40. The average Bonchev–Trinajstić information content (AvgIpc) is 2.57. The van der Waals surface area contributed by atoms with Gasteiger partial charge in [-0.25, -0.2) is 9.59 Å². The summed E-state index contributed by atoms with van der Waals surface area (Å²) in [6.45, 7) is 5.52. The van der Waals surface area contributed by atoms with E-state index in [1.807, 2.05) is 6.92 Å². The molecule has 0 fully saturated rings. The van der Waals surface area contributed by atoms with Gasteiger partial charge >= 0.3 is 11.9 Å². The molecule has 128 valence electrons. The van der Waals surface area contributed by atoms with E-state index in [4.69, 9.17) is 14.2 Å². The maximum absolute atomic E-state index is 11.9. The highest BCUT2D eigenvalue weighted by Crippen LogP contribution is 2.10. The second-order valence-corrected chi connectivity index (χ2v) is 5.52. The molecule has 1 atom stereocenters. The Morgan fingerprint density at radius 1 is 0.913 bits per heavy atom. The maximum atomic E-state index is 11.9. The first kappa shape index (κ1) is 19.2. The second-order valence-electron chi connectivity index (χ2n) is 5.52. The van der Waals surface area contributed by atoms with Gasteiger partial charge in [0.05, 0.1) is 24.3 Å². The van der Waals surface area contributed by atoms with Gasteiger partial charge in [-0.3, -0.25) is 0 Å². The lowest BCUT2D eigenvalue weighted by Gasteiger charge is -2.11. The zero-order valence-corrected chi connectivity index (χ0v) is 14.2. The summed E-state index contributed by atoms with van der Waals surface area (Å²) in [6.07, 6.45) is 2.53. The van der Waals surface area contributed by atoms with E-state index in [1.165, 1.54) is 0 Å². The highest BCUT2D eigenvalue weighted by Gasteiger charge is 2.11. The number of rotatable bonds is 10. The van der Waals surface area contributed by atoms with Crippen LogP contribution in [0.25, 0.3) is 0 Å². The third-order valence-electron chi connectivity index (χ3n) is 3.45. The number of esters is 2. The molecule has 1 aromatic rings. The van der Waals surface area contributed by atoms with Crippen molar-refractivity contribution < 1.29 is 23.8 Å². The van der Waals surface area contributed by atoms with Crippen molar-refractivity contribution in [2.24, 2.45) is 5.92 Å². The first-order valence-electron chi connectivity index (χ1n) is 8.01. The molecule has 0 aliphatic heterocycles. The number of benzene rings is 1. The molecule has 5 nitrogen and oxygen atoms in total. The van der Waals surface area contributed by atoms with Crippen molar-refractivity contribution in [2.45, 2.75) is 33.1 Å². The lowest BCUT2D eigenvalue weighted by atomic mass is 10.1. The Labute approximate surface area is 137 Å². The fourth-order valence-corrected chi connectivity index (χ4v) is 1.92. The lowest BCUT2D eigenvalue weighted by Crippen LogP contribution is -2.11. The van der Waals surface area contributed by atoms with Crippen LogP contribution in [0.4, 0.5) is 0 Å². The van der Waals surface area contributed by atoms with Crippen molar-refractivity contribution in [1.29, 1.82) is 0 Å². The van der Waals surface area contributed by atoms with Crippen molar-refractivity contribution in [2.75, 3.05) is 26.9 Å². The molecule has 0 aliphatic rings. The van der Waals surface area contributed by atoms with Gasteiger partial charge in [-0.2, -0.15) is 0 Å². The molecule has 0 amide bonds. The molecule has 1 unspecified atom stereocenters. The molecule has 0 aromatic heterocycles. The zero-order valence-electron chi connectivity index (χ0n) is 14.2. The van der Waals surface area contributed by atoms with Gasteiger partial charge in [0.1, 0.15) is 0 Å². The van der Waals surface area contributed by atoms with Crippen molar-refractivity contribution in [1.82, 2.24) is 0 Å². The van der Waals surface area contributed by atoms with E-state index in [-0.39, 0.29) is 11.9 Å². The summed E-state index contributed by atoms with van der Waals surface area (Å²) < 4.78 is 15.3. The third-order valence-corrected chi connectivity index (χ3v) is 3.45. The molecule has 0 saturated heterocycles. The summed E-state index contributed by atoms with van der Waals surface area (Å²) >= 11 is 0. The Morgan fingerprint density at radius 3 is 1.87 bits per heavy atom. The summed E-state index contributed by atoms with van der Waals surface area (Å²) in [5.41, 5.74) is 0.866. The van der Waals surface area contributed by atoms with E-state index in [2.05, 4.69) is 6.92 Å². The molecule has 0 heterocycles. The average molecular weight is 322 g/mol. The lowest BCUT2D eigenvalue weighted by molar-refractivity contribution is 0.0472. The number of carbonyl (C=O) groups excluding carboxylic acids is 2. The number of methoxy groups -OCH3 is 1. The fraction of sp³-hybridized carbons (Fsp3) is 0.556. The Hall–Kier alpha value is -1.88. The van der Waals surface area contributed by atoms with Crippen LogP contribution >= 0.6 is 0 Å². The van der Waals surface area contributed by atoms with Gasteiger partial charge in [-0.15, -0.1) is 0 Å². The Morgan fingerprint density at radius 2 is 1.39 bits per heavy atom. The molecule has 1 aromatic carbocycles. The van der Waals surface area contributed by atoms with Gasteiger partial charge in [0, 0.05) is 13.7 Å². The van der Waals surface area contributed by atoms with Crippen molar-refractivity contribution in [3.8, 4) is 0 Å². The van der Waals surface area contributed by atoms with E-state index in [0.717, 1.165) is 19.3 Å². The van der Waals surface area contributed by atoms with Crippen LogP contribution in [-0.4, -0.2) is 38.9 Å². The molecule has 5 heteroatoms. The molecule has 0 spiro atoms. The normalized spacial score (nSPS) is 11.8. The fourth-order valence-electron chi connectivity index (χ4n) is 1.92. The minimum atomic E-state index is -0.377. The molecular formula is C18H26O5. The van der Waals surface area contributed by atoms with Crippen LogP contribution in [0.1, 0.15) is 53.8 Å². The van der Waals surface area contributed by atoms with Crippen LogP contribution in [0.5, 0.6) is 0 Å². The zero-order chi connectivity index (χ0) is 17.1. The third kappa shape index (κ3) is 7.28. The van der Waals surface area contributed by atoms with Gasteiger partial charge in [0.2, 0.25) is 0 Å². The van der Waals surface area contributed by atoms with E-state index in [9.17, 15) is 9.59 Å². The SMILES string of the molecule is CCCOC(=O)c1ccc(C(=O)OCCC(C)CCOC)cc1. The van der Waals surface area contributed by atoms with Gasteiger partial charge in [-0.1, -0.05) is 13.8 Å². The monoisotopic (exact) mass is 322 g/mol. The largest absolute Gasteiger partial charge is 0.462 e. The van der Waals surface area contributed by atoms with Gasteiger partial charge < -0.3 is 14.2 Å². The molecule has 0 aliphatic carbocycles. The van der Waals surface area contributed by atoms with Crippen molar-refractivity contribution in [3.63, 3.8) is 0 Å². The first-order chi connectivity index (χ1) is 11.1. The molecule has 23 heavy (non-hydrogen) atoms. The molecular weight excluding hydrogens is 296 g/mol. The van der Waals surface area contributed by atoms with Crippen LogP contribution in [0.3, 0.4) is 0 Å². The smallest absolute Gasteiger partial charge is 0.338 e. The van der Waals surface area contributed by atoms with E-state index < -0.39 is 0 Å². The quantitative estimate of drug-likeness (QED) is 0.617. The van der Waals surface area contributed by atoms with Crippen LogP contribution < -0.4 is 0 Å². The van der Waals surface area contributed by atoms with Gasteiger partial charge in [0.15, 0.2) is 0 Å². The van der Waals surface area contributed by atoms with Gasteiger partial charge in [0.25, 0.3) is 0 Å². The molecule has 0 saturated carbocycles. The minimum absolute atomic E-state index is 0.376. The number of hydrogen-bond acceptors (Lipinski definition) is 5. The topological polar surface area (TPSA) is 61.8 Å². The first-order valence-corrected chi connectivity index (χ1v) is 8.01. The van der Waals surface area contributed by atoms with Crippen LogP contribution in [-0.2, 0) is 14.2 Å². The summed E-state index contributed by atoms with van der Waals surface area (Å²) in [7, 11) is 1.68. The summed E-state index contributed by atoms with van der Waals surface area (Å²) in [5.74, 6) is -0.311. The predicted molar refractivity (Wildman–Crippen MR) is 87.6 cm³/mol. The summed E-state index contributed by atoms with van der Waals surface area (Å²) in [6, 6.07) is 6.32. The predicted octanol–water partition coefficient (Wildman–Crippen LogP) is 3.47. The van der Waals surface area contributed by atoms with Crippen LogP contribution in [0.15, 0.2) is 24.3 Å². The highest BCUT2D eigenvalue weighted by molar-refractivity contribution is 5.93. The number of hydrogen-bond donors (Lipinski definition) is 0. The van der Waals surface area contributed by atoms with Crippen LogP contribution in [0.2, 0.25) is 0 Å². The molecule has 1 rings (SSSR count). The van der Waals surface area contributed by atoms with Crippen molar-refractivity contribution >= 4 is 11.9 Å². The van der Waals surface area contributed by atoms with Crippen LogP contribution in [0, 0.1) is 5.92 Å². The molecule has 0 N–H and O–H groups in total. The Bertz CT molecular complexity index is 481. The Kier molecular flexibility index (Phi) is 8.98. The second kappa shape index (κ2) is 10.8. The summed E-state index contributed by atoms with van der Waals surface area (Å²) in [4.78, 5) is 23.6. The highest BCUT2D eigenvalue weighted by atomic mass is 16.5. The maximum Gasteiger partial charge on any atom is 0.338 e. The summed E-state index contributed by atoms with van der Waals surface area (Å²) in [5, 5.41) is 0. The van der Waals surface area contributed by atoms with E-state index >= 15 is 0 Å². The number of carbonyl (C=O) groups is 2.